The summed E-state index contributed by atoms with van der Waals surface area (Å²) in [4.78, 5) is 23.6. The zero-order valence-electron chi connectivity index (χ0n) is 12.4. The number of alkyl carbamates (subject to hydrolysis) is 1. The van der Waals surface area contributed by atoms with Crippen molar-refractivity contribution in [3.63, 3.8) is 0 Å². The van der Waals surface area contributed by atoms with Gasteiger partial charge in [-0.2, -0.15) is 0 Å². The molecule has 0 aromatic carbocycles. The molecule has 1 aliphatic rings. The quantitative estimate of drug-likeness (QED) is 0.604. The van der Waals surface area contributed by atoms with E-state index in [-0.39, 0.29) is 13.0 Å². The molecule has 1 amide bonds. The zero-order chi connectivity index (χ0) is 15.3. The highest BCUT2D eigenvalue weighted by Gasteiger charge is 2.34. The molecule has 0 unspecified atom stereocenters. The van der Waals surface area contributed by atoms with Gasteiger partial charge in [0.05, 0.1) is 24.7 Å². The first-order chi connectivity index (χ1) is 9.23. The SMILES string of the molecule is CCOC(=O)[C@H]1C[C@@H](O)C=C[C@@H]1NC(=O)OC(C)(C)C. The van der Waals surface area contributed by atoms with Crippen LogP contribution in [0, 0.1) is 5.92 Å². The van der Waals surface area contributed by atoms with Crippen molar-refractivity contribution >= 4 is 12.1 Å². The fourth-order valence-corrected chi connectivity index (χ4v) is 1.95. The molecule has 0 aliphatic heterocycles. The number of carbonyl (C=O) groups excluding carboxylic acids is 2. The zero-order valence-corrected chi connectivity index (χ0v) is 12.4. The van der Waals surface area contributed by atoms with Crippen LogP contribution in [-0.4, -0.2) is 41.5 Å². The highest BCUT2D eigenvalue weighted by atomic mass is 16.6. The fraction of sp³-hybridized carbons (Fsp3) is 0.714. The van der Waals surface area contributed by atoms with Crippen LogP contribution in [0.1, 0.15) is 34.1 Å². The smallest absolute Gasteiger partial charge is 0.408 e. The highest BCUT2D eigenvalue weighted by Crippen LogP contribution is 2.21. The van der Waals surface area contributed by atoms with Crippen molar-refractivity contribution in [1.29, 1.82) is 0 Å². The van der Waals surface area contributed by atoms with Crippen LogP contribution in [0.2, 0.25) is 0 Å². The summed E-state index contributed by atoms with van der Waals surface area (Å²) in [5, 5.41) is 12.2. The van der Waals surface area contributed by atoms with E-state index in [4.69, 9.17) is 9.47 Å². The molecule has 0 saturated heterocycles. The fourth-order valence-electron chi connectivity index (χ4n) is 1.95. The Balaban J connectivity index is 2.71. The Kier molecular flexibility index (Phi) is 5.56. The predicted molar refractivity (Wildman–Crippen MR) is 73.0 cm³/mol. The molecule has 20 heavy (non-hydrogen) atoms. The first-order valence-electron chi connectivity index (χ1n) is 6.75. The minimum absolute atomic E-state index is 0.218. The molecule has 6 heteroatoms. The second-order valence-electron chi connectivity index (χ2n) is 5.72. The standard InChI is InChI=1S/C14H23NO5/c1-5-19-12(17)10-8-9(16)6-7-11(10)15-13(18)20-14(2,3)4/h6-7,9-11,16H,5,8H2,1-4H3,(H,15,18)/t9-,10-,11-/m0/s1. The van der Waals surface area contributed by atoms with Crippen molar-refractivity contribution in [3.8, 4) is 0 Å². The third kappa shape index (κ3) is 5.21. The first-order valence-corrected chi connectivity index (χ1v) is 6.75. The topological polar surface area (TPSA) is 84.9 Å². The van der Waals surface area contributed by atoms with Crippen LogP contribution >= 0.6 is 0 Å². The Hall–Kier alpha value is -1.56. The Bertz CT molecular complexity index is 386. The maximum atomic E-state index is 11.9. The van der Waals surface area contributed by atoms with Gasteiger partial charge in [0.25, 0.3) is 0 Å². The third-order valence-corrected chi connectivity index (χ3v) is 2.74. The average molecular weight is 285 g/mol. The van der Waals surface area contributed by atoms with Gasteiger partial charge in [-0.1, -0.05) is 12.2 Å². The molecule has 3 atom stereocenters. The number of hydrogen-bond acceptors (Lipinski definition) is 5. The number of amides is 1. The normalized spacial score (nSPS) is 25.9. The van der Waals surface area contributed by atoms with Crippen molar-refractivity contribution in [1.82, 2.24) is 5.32 Å². The van der Waals surface area contributed by atoms with E-state index in [1.807, 2.05) is 0 Å². The van der Waals surface area contributed by atoms with Crippen molar-refractivity contribution in [2.24, 2.45) is 5.92 Å². The summed E-state index contributed by atoms with van der Waals surface area (Å²) >= 11 is 0. The molecule has 0 radical (unpaired) electrons. The Morgan fingerprint density at radius 2 is 2.00 bits per heavy atom. The van der Waals surface area contributed by atoms with E-state index >= 15 is 0 Å². The first kappa shape index (κ1) is 16.5. The van der Waals surface area contributed by atoms with E-state index < -0.39 is 35.7 Å². The number of esters is 1. The van der Waals surface area contributed by atoms with E-state index in [2.05, 4.69) is 5.32 Å². The molecule has 0 heterocycles. The molecule has 0 bridgehead atoms. The molecule has 114 valence electrons. The van der Waals surface area contributed by atoms with Gasteiger partial charge < -0.3 is 19.9 Å². The van der Waals surface area contributed by atoms with E-state index in [1.165, 1.54) is 0 Å². The molecule has 0 aromatic rings. The van der Waals surface area contributed by atoms with Gasteiger partial charge >= 0.3 is 12.1 Å². The van der Waals surface area contributed by atoms with Gasteiger partial charge in [-0.15, -0.1) is 0 Å². The second kappa shape index (κ2) is 6.74. The van der Waals surface area contributed by atoms with Crippen LogP contribution in [0.4, 0.5) is 4.79 Å². The predicted octanol–water partition coefficient (Wildman–Crippen LogP) is 1.38. The summed E-state index contributed by atoms with van der Waals surface area (Å²) in [5.41, 5.74) is -0.610. The number of aliphatic hydroxyl groups is 1. The van der Waals surface area contributed by atoms with E-state index in [0.717, 1.165) is 0 Å². The molecular formula is C14H23NO5. The maximum Gasteiger partial charge on any atom is 0.408 e. The Morgan fingerprint density at radius 3 is 2.55 bits per heavy atom. The molecule has 6 nitrogen and oxygen atoms in total. The number of carbonyl (C=O) groups is 2. The maximum absolute atomic E-state index is 11.9. The second-order valence-corrected chi connectivity index (χ2v) is 5.72. The van der Waals surface area contributed by atoms with Gasteiger partial charge in [0.1, 0.15) is 5.60 Å². The summed E-state index contributed by atoms with van der Waals surface area (Å²) in [6.45, 7) is 7.25. The van der Waals surface area contributed by atoms with E-state index in [9.17, 15) is 14.7 Å². The number of ether oxygens (including phenoxy) is 2. The summed E-state index contributed by atoms with van der Waals surface area (Å²) < 4.78 is 10.1. The summed E-state index contributed by atoms with van der Waals surface area (Å²) in [6.07, 6.45) is 2.06. The lowest BCUT2D eigenvalue weighted by Gasteiger charge is -2.29. The minimum Gasteiger partial charge on any atom is -0.466 e. The van der Waals surface area contributed by atoms with Crippen molar-refractivity contribution in [3.05, 3.63) is 12.2 Å². The van der Waals surface area contributed by atoms with Gasteiger partial charge in [-0.25, -0.2) is 4.79 Å². The van der Waals surface area contributed by atoms with Gasteiger partial charge in [-0.05, 0) is 34.1 Å². The third-order valence-electron chi connectivity index (χ3n) is 2.74. The summed E-state index contributed by atoms with van der Waals surface area (Å²) in [6, 6.07) is -0.535. The van der Waals surface area contributed by atoms with Crippen LogP contribution in [-0.2, 0) is 14.3 Å². The molecule has 0 spiro atoms. The molecule has 1 aliphatic carbocycles. The molecular weight excluding hydrogens is 262 g/mol. The van der Waals surface area contributed by atoms with Crippen LogP contribution < -0.4 is 5.32 Å². The number of nitrogens with one attached hydrogen (secondary N) is 1. The van der Waals surface area contributed by atoms with E-state index in [0.29, 0.717) is 0 Å². The van der Waals surface area contributed by atoms with Crippen LogP contribution in [0.3, 0.4) is 0 Å². The lowest BCUT2D eigenvalue weighted by molar-refractivity contribution is -0.149. The van der Waals surface area contributed by atoms with Gasteiger partial charge in [0.2, 0.25) is 0 Å². The van der Waals surface area contributed by atoms with Crippen LogP contribution in [0.25, 0.3) is 0 Å². The molecule has 0 aromatic heterocycles. The van der Waals surface area contributed by atoms with Gasteiger partial charge in [0, 0.05) is 0 Å². The highest BCUT2D eigenvalue weighted by molar-refractivity contribution is 5.76. The van der Waals surface area contributed by atoms with Gasteiger partial charge in [0.15, 0.2) is 0 Å². The molecule has 0 saturated carbocycles. The van der Waals surface area contributed by atoms with Crippen molar-refractivity contribution in [2.75, 3.05) is 6.61 Å². The largest absolute Gasteiger partial charge is 0.466 e. The van der Waals surface area contributed by atoms with Crippen molar-refractivity contribution < 1.29 is 24.2 Å². The van der Waals surface area contributed by atoms with Crippen LogP contribution in [0.5, 0.6) is 0 Å². The number of aliphatic hydroxyl groups excluding tert-OH is 1. The monoisotopic (exact) mass is 285 g/mol. The summed E-state index contributed by atoms with van der Waals surface area (Å²) in [5.74, 6) is -1.04. The van der Waals surface area contributed by atoms with Gasteiger partial charge in [-0.3, -0.25) is 4.79 Å². The number of hydrogen-bond donors (Lipinski definition) is 2. The Labute approximate surface area is 119 Å². The van der Waals surface area contributed by atoms with E-state index in [1.54, 1.807) is 39.8 Å². The average Bonchev–Trinajstić information content (AvgIpc) is 2.29. The molecule has 0 fully saturated rings. The van der Waals surface area contributed by atoms with Crippen molar-refractivity contribution in [2.45, 2.75) is 51.9 Å². The number of rotatable bonds is 3. The minimum atomic E-state index is -0.707. The Morgan fingerprint density at radius 1 is 1.35 bits per heavy atom. The lowest BCUT2D eigenvalue weighted by atomic mass is 9.88. The van der Waals surface area contributed by atoms with Crippen LogP contribution in [0.15, 0.2) is 12.2 Å². The summed E-state index contributed by atoms with van der Waals surface area (Å²) in [7, 11) is 0. The molecule has 1 rings (SSSR count). The lowest BCUT2D eigenvalue weighted by Crippen LogP contribution is -2.47. The molecule has 2 N–H and O–H groups in total.